The Morgan fingerprint density at radius 3 is 2.17 bits per heavy atom. The Balaban J connectivity index is 2.37. The zero-order valence-corrected chi connectivity index (χ0v) is 10.9. The van der Waals surface area contributed by atoms with Gasteiger partial charge in [0.2, 0.25) is 5.78 Å². The standard InChI is InChI=1S/C14H12ClNO2/c1-16(2)10-5-3-9(4-6-10)12-7-11(17)8-13(15)14(12)18/h3-8H,1-2H3. The van der Waals surface area contributed by atoms with E-state index in [0.29, 0.717) is 11.1 Å². The van der Waals surface area contributed by atoms with Crippen molar-refractivity contribution < 1.29 is 9.59 Å². The maximum atomic E-state index is 11.9. The zero-order chi connectivity index (χ0) is 13.3. The lowest BCUT2D eigenvalue weighted by molar-refractivity contribution is -0.113. The molecule has 1 aromatic carbocycles. The van der Waals surface area contributed by atoms with Crippen molar-refractivity contribution in [2.75, 3.05) is 19.0 Å². The van der Waals surface area contributed by atoms with Gasteiger partial charge in [0.05, 0.1) is 5.03 Å². The van der Waals surface area contributed by atoms with Crippen LogP contribution >= 0.6 is 11.6 Å². The van der Waals surface area contributed by atoms with Crippen LogP contribution in [0.25, 0.3) is 5.57 Å². The predicted molar refractivity (Wildman–Crippen MR) is 72.7 cm³/mol. The van der Waals surface area contributed by atoms with Gasteiger partial charge in [0.15, 0.2) is 5.78 Å². The van der Waals surface area contributed by atoms with Crippen molar-refractivity contribution in [1.29, 1.82) is 0 Å². The third-order valence-electron chi connectivity index (χ3n) is 2.71. The number of benzene rings is 1. The molecule has 0 unspecified atom stereocenters. The first-order valence-corrected chi connectivity index (χ1v) is 5.82. The van der Waals surface area contributed by atoms with E-state index < -0.39 is 0 Å². The minimum atomic E-state index is -0.311. The fourth-order valence-electron chi connectivity index (χ4n) is 1.72. The van der Waals surface area contributed by atoms with Crippen LogP contribution < -0.4 is 4.90 Å². The molecule has 2 rings (SSSR count). The number of rotatable bonds is 2. The molecule has 0 aliphatic heterocycles. The van der Waals surface area contributed by atoms with Crippen molar-refractivity contribution in [3.05, 3.63) is 47.0 Å². The molecule has 92 valence electrons. The van der Waals surface area contributed by atoms with E-state index in [1.807, 2.05) is 43.3 Å². The molecule has 0 bridgehead atoms. The van der Waals surface area contributed by atoms with Crippen LogP contribution in [-0.4, -0.2) is 25.7 Å². The SMILES string of the molecule is CN(C)c1ccc(C2=CC(=O)C=C(Cl)C2=O)cc1. The predicted octanol–water partition coefficient (Wildman–Crippen LogP) is 2.41. The maximum Gasteiger partial charge on any atom is 0.205 e. The summed E-state index contributed by atoms with van der Waals surface area (Å²) in [6.45, 7) is 0. The summed E-state index contributed by atoms with van der Waals surface area (Å²) in [5.74, 6) is -0.569. The third-order valence-corrected chi connectivity index (χ3v) is 2.99. The van der Waals surface area contributed by atoms with Gasteiger partial charge in [0, 0.05) is 31.4 Å². The van der Waals surface area contributed by atoms with Crippen LogP contribution in [0.3, 0.4) is 0 Å². The number of halogens is 1. The quantitative estimate of drug-likeness (QED) is 0.768. The molecule has 0 saturated heterocycles. The number of anilines is 1. The molecule has 1 aliphatic rings. The van der Waals surface area contributed by atoms with Gasteiger partial charge in [-0.2, -0.15) is 0 Å². The van der Waals surface area contributed by atoms with E-state index in [1.165, 1.54) is 6.08 Å². The molecule has 0 saturated carbocycles. The lowest BCUT2D eigenvalue weighted by Gasteiger charge is -2.14. The summed E-state index contributed by atoms with van der Waals surface area (Å²) in [7, 11) is 3.87. The second kappa shape index (κ2) is 4.78. The smallest absolute Gasteiger partial charge is 0.205 e. The van der Waals surface area contributed by atoms with E-state index in [9.17, 15) is 9.59 Å². The fraction of sp³-hybridized carbons (Fsp3) is 0.143. The van der Waals surface area contributed by atoms with Crippen LogP contribution in [0.2, 0.25) is 0 Å². The van der Waals surface area contributed by atoms with Crippen LogP contribution in [0.15, 0.2) is 41.4 Å². The van der Waals surface area contributed by atoms with E-state index in [-0.39, 0.29) is 16.6 Å². The average Bonchev–Trinajstić information content (AvgIpc) is 2.34. The Labute approximate surface area is 110 Å². The number of carbonyl (C=O) groups excluding carboxylic acids is 2. The molecule has 0 amide bonds. The summed E-state index contributed by atoms with van der Waals surface area (Å²) in [4.78, 5) is 25.2. The van der Waals surface area contributed by atoms with Crippen molar-refractivity contribution >= 4 is 34.4 Å². The molecule has 0 atom stereocenters. The summed E-state index contributed by atoms with van der Waals surface area (Å²) < 4.78 is 0. The number of ketones is 2. The molecule has 0 N–H and O–H groups in total. The van der Waals surface area contributed by atoms with Gasteiger partial charge in [-0.3, -0.25) is 9.59 Å². The third kappa shape index (κ3) is 2.36. The highest BCUT2D eigenvalue weighted by Gasteiger charge is 2.21. The van der Waals surface area contributed by atoms with Crippen molar-refractivity contribution in [3.8, 4) is 0 Å². The summed E-state index contributed by atoms with van der Waals surface area (Å²) in [5.41, 5.74) is 2.07. The van der Waals surface area contributed by atoms with E-state index >= 15 is 0 Å². The summed E-state index contributed by atoms with van der Waals surface area (Å²) in [6.07, 6.45) is 2.46. The van der Waals surface area contributed by atoms with Crippen LogP contribution in [-0.2, 0) is 9.59 Å². The molecular formula is C14H12ClNO2. The summed E-state index contributed by atoms with van der Waals surface area (Å²) in [6, 6.07) is 7.39. The summed E-state index contributed by atoms with van der Waals surface area (Å²) in [5, 5.41) is -0.0332. The average molecular weight is 262 g/mol. The lowest BCUT2D eigenvalue weighted by Crippen LogP contribution is -2.11. The first-order chi connectivity index (χ1) is 8.49. The van der Waals surface area contributed by atoms with Gasteiger partial charge in [-0.05, 0) is 23.8 Å². The van der Waals surface area contributed by atoms with Crippen molar-refractivity contribution in [2.24, 2.45) is 0 Å². The second-order valence-corrected chi connectivity index (χ2v) is 4.63. The molecule has 1 aromatic rings. The Morgan fingerprint density at radius 2 is 1.61 bits per heavy atom. The second-order valence-electron chi connectivity index (χ2n) is 4.22. The monoisotopic (exact) mass is 261 g/mol. The first kappa shape index (κ1) is 12.6. The molecule has 18 heavy (non-hydrogen) atoms. The Morgan fingerprint density at radius 1 is 1.00 bits per heavy atom. The number of Topliss-reactive ketones (excluding diaryl/α,β-unsaturated/α-hetero) is 1. The Hall–Kier alpha value is -1.87. The van der Waals surface area contributed by atoms with Gasteiger partial charge < -0.3 is 4.90 Å². The van der Waals surface area contributed by atoms with Gasteiger partial charge in [-0.15, -0.1) is 0 Å². The number of nitrogens with zero attached hydrogens (tertiary/aromatic N) is 1. The van der Waals surface area contributed by atoms with Crippen LogP contribution in [0.5, 0.6) is 0 Å². The van der Waals surface area contributed by atoms with Crippen LogP contribution in [0.4, 0.5) is 5.69 Å². The number of hydrogen-bond acceptors (Lipinski definition) is 3. The molecule has 1 aliphatic carbocycles. The first-order valence-electron chi connectivity index (χ1n) is 5.44. The van der Waals surface area contributed by atoms with Crippen LogP contribution in [0.1, 0.15) is 5.56 Å². The highest BCUT2D eigenvalue weighted by atomic mass is 35.5. The van der Waals surface area contributed by atoms with Gasteiger partial charge in [0.25, 0.3) is 0 Å². The lowest BCUT2D eigenvalue weighted by atomic mass is 9.96. The number of hydrogen-bond donors (Lipinski definition) is 0. The Kier molecular flexibility index (Phi) is 3.34. The van der Waals surface area contributed by atoms with Crippen molar-refractivity contribution in [3.63, 3.8) is 0 Å². The number of allylic oxidation sites excluding steroid dienone is 4. The fourth-order valence-corrected chi connectivity index (χ4v) is 1.93. The molecule has 3 nitrogen and oxygen atoms in total. The normalized spacial score (nSPS) is 15.3. The maximum absolute atomic E-state index is 11.9. The highest BCUT2D eigenvalue weighted by molar-refractivity contribution is 6.54. The van der Waals surface area contributed by atoms with Gasteiger partial charge in [-0.1, -0.05) is 23.7 Å². The molecule has 4 heteroatoms. The minimum Gasteiger partial charge on any atom is -0.378 e. The van der Waals surface area contributed by atoms with Crippen molar-refractivity contribution in [2.45, 2.75) is 0 Å². The molecule has 0 heterocycles. The number of carbonyl (C=O) groups is 2. The molecule has 0 radical (unpaired) electrons. The van der Waals surface area contributed by atoms with Crippen molar-refractivity contribution in [1.82, 2.24) is 0 Å². The van der Waals surface area contributed by atoms with E-state index in [2.05, 4.69) is 0 Å². The van der Waals surface area contributed by atoms with E-state index in [0.717, 1.165) is 11.8 Å². The van der Waals surface area contributed by atoms with E-state index in [1.54, 1.807) is 0 Å². The van der Waals surface area contributed by atoms with Gasteiger partial charge in [-0.25, -0.2) is 0 Å². The Bertz CT molecular complexity index is 568. The molecule has 0 aromatic heterocycles. The topological polar surface area (TPSA) is 37.4 Å². The molecular weight excluding hydrogens is 250 g/mol. The molecule has 0 spiro atoms. The van der Waals surface area contributed by atoms with Crippen LogP contribution in [0, 0.1) is 0 Å². The molecule has 0 fully saturated rings. The largest absolute Gasteiger partial charge is 0.378 e. The highest BCUT2D eigenvalue weighted by Crippen LogP contribution is 2.26. The van der Waals surface area contributed by atoms with E-state index in [4.69, 9.17) is 11.6 Å². The minimum absolute atomic E-state index is 0.0332. The summed E-state index contributed by atoms with van der Waals surface area (Å²) >= 11 is 5.73. The van der Waals surface area contributed by atoms with Gasteiger partial charge >= 0.3 is 0 Å². The zero-order valence-electron chi connectivity index (χ0n) is 10.1. The van der Waals surface area contributed by atoms with Gasteiger partial charge in [0.1, 0.15) is 0 Å².